The number of benzene rings is 1. The number of alkyl halides is 3. The summed E-state index contributed by atoms with van der Waals surface area (Å²) in [4.78, 5) is 24.5. The van der Waals surface area contributed by atoms with Crippen molar-refractivity contribution in [2.45, 2.75) is 62.5 Å². The molecule has 2 heterocycles. The molecule has 3 N–H and O–H groups in total. The van der Waals surface area contributed by atoms with Gasteiger partial charge in [-0.1, -0.05) is 12.8 Å². The van der Waals surface area contributed by atoms with E-state index >= 15 is 0 Å². The third kappa shape index (κ3) is 7.55. The Balaban J connectivity index is 1.39. The number of ether oxygens (including phenoxy) is 2. The van der Waals surface area contributed by atoms with Gasteiger partial charge in [0.15, 0.2) is 4.75 Å². The number of piperidine rings is 1. The van der Waals surface area contributed by atoms with Crippen molar-refractivity contribution in [2.75, 3.05) is 31.6 Å². The van der Waals surface area contributed by atoms with Gasteiger partial charge in [0.2, 0.25) is 15.9 Å². The first-order valence-electron chi connectivity index (χ1n) is 12.1. The summed E-state index contributed by atoms with van der Waals surface area (Å²) in [7, 11) is -3.99. The molecule has 14 heteroatoms. The van der Waals surface area contributed by atoms with E-state index in [1.165, 1.54) is 21.9 Å². The highest BCUT2D eigenvalue weighted by molar-refractivity contribution is 7.91. The number of unbranched alkanes of at least 4 members (excludes halogenated alkanes) is 1. The van der Waals surface area contributed by atoms with Crippen molar-refractivity contribution in [1.82, 2.24) is 9.79 Å². The summed E-state index contributed by atoms with van der Waals surface area (Å²) < 4.78 is 71.9. The van der Waals surface area contributed by atoms with Gasteiger partial charge >= 0.3 is 6.36 Å². The van der Waals surface area contributed by atoms with Gasteiger partial charge in [0.05, 0.1) is 0 Å². The molecule has 0 unspecified atom stereocenters. The van der Waals surface area contributed by atoms with Gasteiger partial charge in [0.1, 0.15) is 5.75 Å². The zero-order chi connectivity index (χ0) is 27.1. The maximum absolute atomic E-state index is 13.3. The Labute approximate surface area is 213 Å². The fraction of sp³-hybridized carbons (Fsp3) is 0.652. The van der Waals surface area contributed by atoms with Crippen LogP contribution in [0.1, 0.15) is 51.4 Å². The summed E-state index contributed by atoms with van der Waals surface area (Å²) in [6.07, 6.45) is -1.12. The molecule has 37 heavy (non-hydrogen) atoms. The first kappa shape index (κ1) is 29.1. The number of rotatable bonds is 10. The number of carbonyl (C=O) groups excluding carboxylic acids is 2. The molecule has 2 aliphatic rings. The van der Waals surface area contributed by atoms with Crippen molar-refractivity contribution in [2.24, 2.45) is 5.92 Å². The lowest BCUT2D eigenvalue weighted by Crippen LogP contribution is -2.60. The van der Waals surface area contributed by atoms with E-state index in [0.717, 1.165) is 25.0 Å². The van der Waals surface area contributed by atoms with E-state index in [1.54, 1.807) is 0 Å². The highest BCUT2D eigenvalue weighted by Crippen LogP contribution is 2.35. The van der Waals surface area contributed by atoms with Gasteiger partial charge in [-0.25, -0.2) is 18.2 Å². The molecule has 3 rings (SSSR count). The normalized spacial score (nSPS) is 19.2. The van der Waals surface area contributed by atoms with Gasteiger partial charge in [-0.15, -0.1) is 13.2 Å². The van der Waals surface area contributed by atoms with E-state index in [-0.39, 0.29) is 63.1 Å². The van der Waals surface area contributed by atoms with Crippen LogP contribution >= 0.6 is 0 Å². The number of halogens is 3. The molecule has 0 aliphatic carbocycles. The SMILES string of the molecule is O=C(CCCCC1CCN(S(=O)(=O)C2(C(=O)NO)CCOCC2)CC1)Nc1ccc(OC(F)(F)F)cc1. The van der Waals surface area contributed by atoms with Gasteiger partial charge in [-0.05, 0) is 49.4 Å². The Hall–Kier alpha value is -2.42. The second kappa shape index (κ2) is 12.4. The van der Waals surface area contributed by atoms with Crippen LogP contribution in [0.2, 0.25) is 0 Å². The van der Waals surface area contributed by atoms with E-state index < -0.39 is 27.0 Å². The minimum Gasteiger partial charge on any atom is -0.406 e. The van der Waals surface area contributed by atoms with Crippen molar-refractivity contribution in [3.63, 3.8) is 0 Å². The first-order valence-corrected chi connectivity index (χ1v) is 13.6. The standard InChI is InChI=1S/C23H32F3N3O7S/c24-23(25,26)36-19-7-5-18(6-8-19)27-20(30)4-2-1-3-17-9-13-29(14-10-17)37(33,34)22(21(31)28-32)11-15-35-16-12-22/h5-8,17,32H,1-4,9-16H2,(H,27,30)(H,28,31). The molecule has 0 atom stereocenters. The highest BCUT2D eigenvalue weighted by atomic mass is 32.2. The van der Waals surface area contributed by atoms with Crippen molar-refractivity contribution in [3.8, 4) is 5.75 Å². The average Bonchev–Trinajstić information content (AvgIpc) is 2.87. The fourth-order valence-electron chi connectivity index (χ4n) is 4.77. The Morgan fingerprint density at radius 2 is 1.73 bits per heavy atom. The minimum atomic E-state index is -4.78. The van der Waals surface area contributed by atoms with Crippen LogP contribution in [0.25, 0.3) is 0 Å². The molecule has 2 amide bonds. The zero-order valence-corrected chi connectivity index (χ0v) is 21.1. The second-order valence-electron chi connectivity index (χ2n) is 9.26. The summed E-state index contributed by atoms with van der Waals surface area (Å²) in [5, 5.41) is 11.8. The molecule has 10 nitrogen and oxygen atoms in total. The van der Waals surface area contributed by atoms with Crippen LogP contribution in [0.5, 0.6) is 5.75 Å². The molecule has 0 spiro atoms. The number of carbonyl (C=O) groups is 2. The number of nitrogens with zero attached hydrogens (tertiary/aromatic N) is 1. The maximum atomic E-state index is 13.3. The Morgan fingerprint density at radius 3 is 2.30 bits per heavy atom. The largest absolute Gasteiger partial charge is 0.573 e. The number of hydrogen-bond acceptors (Lipinski definition) is 7. The number of nitrogens with one attached hydrogen (secondary N) is 2. The molecule has 0 bridgehead atoms. The Kier molecular flexibility index (Phi) is 9.78. The molecule has 1 aromatic rings. The third-order valence-electron chi connectivity index (χ3n) is 6.86. The van der Waals surface area contributed by atoms with E-state index in [9.17, 15) is 31.2 Å². The molecule has 0 radical (unpaired) electrons. The number of hydroxylamine groups is 1. The lowest BCUT2D eigenvalue weighted by atomic mass is 9.92. The summed E-state index contributed by atoms with van der Waals surface area (Å²) in [6, 6.07) is 4.90. The second-order valence-corrected chi connectivity index (χ2v) is 11.5. The lowest BCUT2D eigenvalue weighted by Gasteiger charge is -2.40. The monoisotopic (exact) mass is 551 g/mol. The molecule has 208 valence electrons. The van der Waals surface area contributed by atoms with Crippen LogP contribution in [-0.4, -0.2) is 67.2 Å². The maximum Gasteiger partial charge on any atom is 0.573 e. The smallest absolute Gasteiger partial charge is 0.406 e. The van der Waals surface area contributed by atoms with Crippen LogP contribution in [-0.2, 0) is 24.3 Å². The van der Waals surface area contributed by atoms with E-state index in [1.807, 2.05) is 0 Å². The molecule has 2 saturated heterocycles. The minimum absolute atomic E-state index is 0.0187. The number of anilines is 1. The van der Waals surface area contributed by atoms with E-state index in [4.69, 9.17) is 9.94 Å². The van der Waals surface area contributed by atoms with Gasteiger partial charge in [0, 0.05) is 51.3 Å². The summed E-state index contributed by atoms with van der Waals surface area (Å²) in [5.41, 5.74) is 1.89. The van der Waals surface area contributed by atoms with E-state index in [2.05, 4.69) is 10.1 Å². The first-order chi connectivity index (χ1) is 17.5. The third-order valence-corrected chi connectivity index (χ3v) is 9.49. The average molecular weight is 552 g/mol. The molecule has 0 saturated carbocycles. The van der Waals surface area contributed by atoms with Crippen LogP contribution in [0.15, 0.2) is 24.3 Å². The molecular weight excluding hydrogens is 519 g/mol. The predicted octanol–water partition coefficient (Wildman–Crippen LogP) is 3.18. The molecule has 0 aromatic heterocycles. The highest BCUT2D eigenvalue weighted by Gasteiger charge is 2.54. The van der Waals surface area contributed by atoms with Crippen LogP contribution in [0.3, 0.4) is 0 Å². The molecular formula is C23H32F3N3O7S. The van der Waals surface area contributed by atoms with Crippen LogP contribution < -0.4 is 15.5 Å². The van der Waals surface area contributed by atoms with Gasteiger partial charge < -0.3 is 14.8 Å². The van der Waals surface area contributed by atoms with Gasteiger partial charge in [-0.3, -0.25) is 14.8 Å². The Bertz CT molecular complexity index is 1020. The predicted molar refractivity (Wildman–Crippen MR) is 126 cm³/mol. The topological polar surface area (TPSA) is 134 Å². The quantitative estimate of drug-likeness (QED) is 0.231. The van der Waals surface area contributed by atoms with Gasteiger partial charge in [0.25, 0.3) is 5.91 Å². The fourth-order valence-corrected chi connectivity index (χ4v) is 6.92. The van der Waals surface area contributed by atoms with Crippen molar-refractivity contribution >= 4 is 27.5 Å². The molecule has 2 fully saturated rings. The van der Waals surface area contributed by atoms with Crippen LogP contribution in [0, 0.1) is 5.92 Å². The van der Waals surface area contributed by atoms with Crippen molar-refractivity contribution in [1.29, 1.82) is 0 Å². The zero-order valence-electron chi connectivity index (χ0n) is 20.3. The number of amides is 2. The molecule has 2 aliphatic heterocycles. The Morgan fingerprint density at radius 1 is 1.11 bits per heavy atom. The van der Waals surface area contributed by atoms with Crippen LogP contribution in [0.4, 0.5) is 18.9 Å². The van der Waals surface area contributed by atoms with Gasteiger partial charge in [-0.2, -0.15) is 0 Å². The van der Waals surface area contributed by atoms with Crippen molar-refractivity contribution < 1.29 is 45.9 Å². The van der Waals surface area contributed by atoms with Crippen molar-refractivity contribution in [3.05, 3.63) is 24.3 Å². The summed E-state index contributed by atoms with van der Waals surface area (Å²) in [6.45, 7) is 0.800. The molecule has 1 aromatic carbocycles. The number of hydrogen-bond donors (Lipinski definition) is 3. The number of sulfonamides is 1. The summed E-state index contributed by atoms with van der Waals surface area (Å²) in [5.74, 6) is -1.27. The summed E-state index contributed by atoms with van der Waals surface area (Å²) >= 11 is 0. The lowest BCUT2D eigenvalue weighted by molar-refractivity contribution is -0.274. The van der Waals surface area contributed by atoms with E-state index in [0.29, 0.717) is 24.9 Å².